The van der Waals surface area contributed by atoms with E-state index in [0.717, 1.165) is 32.1 Å². The van der Waals surface area contributed by atoms with E-state index in [1.807, 2.05) is 0 Å². The Labute approximate surface area is 144 Å². The first-order valence-corrected chi connectivity index (χ1v) is 10.5. The first-order chi connectivity index (χ1) is 11.5. The summed E-state index contributed by atoms with van der Waals surface area (Å²) in [5.74, 6) is 0.246. The average Bonchev–Trinajstić information content (AvgIpc) is 2.54. The van der Waals surface area contributed by atoms with Crippen molar-refractivity contribution in [1.29, 1.82) is 0 Å². The lowest BCUT2D eigenvalue weighted by Gasteiger charge is -2.28. The number of fused-ring (bicyclic) bond motifs is 1. The summed E-state index contributed by atoms with van der Waals surface area (Å²) < 4.78 is 24.0. The number of rotatable bonds is 3. The Kier molecular flexibility index (Phi) is 5.13. The molecule has 0 radical (unpaired) electrons. The number of hydrogen-bond donors (Lipinski definition) is 2. The fraction of sp³-hybridized carbons (Fsp3) is 0.611. The maximum absolute atomic E-state index is 12.2. The van der Waals surface area contributed by atoms with Crippen molar-refractivity contribution in [2.45, 2.75) is 56.7 Å². The van der Waals surface area contributed by atoms with Crippen molar-refractivity contribution in [1.82, 2.24) is 10.6 Å². The van der Waals surface area contributed by atoms with Gasteiger partial charge in [0.2, 0.25) is 0 Å². The van der Waals surface area contributed by atoms with Crippen LogP contribution in [0.5, 0.6) is 0 Å². The van der Waals surface area contributed by atoms with E-state index in [2.05, 4.69) is 35.8 Å². The van der Waals surface area contributed by atoms with Crippen LogP contribution >= 0.6 is 0 Å². The van der Waals surface area contributed by atoms with Crippen LogP contribution in [0.25, 0.3) is 0 Å². The van der Waals surface area contributed by atoms with E-state index in [4.69, 9.17) is 0 Å². The molecule has 0 aromatic heterocycles. The number of aryl methyl sites for hydroxylation is 2. The summed E-state index contributed by atoms with van der Waals surface area (Å²) in [5.41, 5.74) is 3.69. The van der Waals surface area contributed by atoms with E-state index in [-0.39, 0.29) is 24.4 Å². The molecule has 1 fully saturated rings. The minimum atomic E-state index is -3.05. The highest BCUT2D eigenvalue weighted by molar-refractivity contribution is 7.92. The number of nitrogens with one attached hydrogen (secondary N) is 2. The molecule has 1 aromatic rings. The van der Waals surface area contributed by atoms with Crippen LogP contribution in [0.15, 0.2) is 18.2 Å². The van der Waals surface area contributed by atoms with E-state index in [0.29, 0.717) is 6.42 Å². The van der Waals surface area contributed by atoms with Gasteiger partial charge in [0.1, 0.15) is 0 Å². The van der Waals surface area contributed by atoms with Crippen LogP contribution in [-0.4, -0.2) is 32.0 Å². The zero-order chi connectivity index (χ0) is 17.2. The fourth-order valence-electron chi connectivity index (χ4n) is 3.73. The van der Waals surface area contributed by atoms with E-state index >= 15 is 0 Å². The molecule has 2 aliphatic rings. The summed E-state index contributed by atoms with van der Waals surface area (Å²) in [6.07, 6.45) is 5.33. The van der Waals surface area contributed by atoms with Crippen LogP contribution in [0, 0.1) is 6.92 Å². The third kappa shape index (κ3) is 3.91. The summed E-state index contributed by atoms with van der Waals surface area (Å²) in [4.78, 5) is 12.2. The van der Waals surface area contributed by atoms with Crippen molar-refractivity contribution in [3.63, 3.8) is 0 Å². The summed E-state index contributed by atoms with van der Waals surface area (Å²) >= 11 is 0. The van der Waals surface area contributed by atoms with Gasteiger partial charge >= 0.3 is 6.03 Å². The number of sulfone groups is 1. The minimum absolute atomic E-state index is 0.0108. The van der Waals surface area contributed by atoms with Gasteiger partial charge in [0.25, 0.3) is 0 Å². The van der Waals surface area contributed by atoms with Crippen LogP contribution < -0.4 is 10.6 Å². The van der Waals surface area contributed by atoms with Crippen molar-refractivity contribution in [2.75, 3.05) is 12.3 Å². The SMILES string of the molecule is Cc1ccc2c(c1)[C@H](NC(=O)NCC1CCCCS1(=O)=O)CCC2. The van der Waals surface area contributed by atoms with E-state index in [1.165, 1.54) is 16.7 Å². The Morgan fingerprint density at radius 3 is 2.83 bits per heavy atom. The van der Waals surface area contributed by atoms with Crippen molar-refractivity contribution in [3.05, 3.63) is 34.9 Å². The first kappa shape index (κ1) is 17.3. The molecule has 1 unspecified atom stereocenters. The normalized spacial score (nSPS) is 25.5. The largest absolute Gasteiger partial charge is 0.337 e. The number of hydrogen-bond acceptors (Lipinski definition) is 3. The number of urea groups is 1. The molecular formula is C18H26N2O3S. The van der Waals surface area contributed by atoms with Crippen LogP contribution in [0.1, 0.15) is 54.8 Å². The third-order valence-corrected chi connectivity index (χ3v) is 7.40. The van der Waals surface area contributed by atoms with E-state index in [9.17, 15) is 13.2 Å². The van der Waals surface area contributed by atoms with Gasteiger partial charge < -0.3 is 10.6 Å². The molecule has 5 nitrogen and oxygen atoms in total. The van der Waals surface area contributed by atoms with Gasteiger partial charge in [-0.15, -0.1) is 0 Å². The lowest BCUT2D eigenvalue weighted by molar-refractivity contribution is 0.235. The molecule has 2 atom stereocenters. The highest BCUT2D eigenvalue weighted by Crippen LogP contribution is 2.30. The molecule has 132 valence electrons. The highest BCUT2D eigenvalue weighted by Gasteiger charge is 2.29. The van der Waals surface area contributed by atoms with Gasteiger partial charge in [-0.3, -0.25) is 0 Å². The Hall–Kier alpha value is -1.56. The van der Waals surface area contributed by atoms with Gasteiger partial charge in [-0.25, -0.2) is 13.2 Å². The second-order valence-corrected chi connectivity index (χ2v) is 9.39. The third-order valence-electron chi connectivity index (χ3n) is 5.12. The van der Waals surface area contributed by atoms with Gasteiger partial charge in [-0.1, -0.05) is 30.2 Å². The Morgan fingerprint density at radius 1 is 1.21 bits per heavy atom. The predicted octanol–water partition coefficient (Wildman–Crippen LogP) is 2.64. The smallest absolute Gasteiger partial charge is 0.315 e. The molecule has 24 heavy (non-hydrogen) atoms. The molecule has 6 heteroatoms. The van der Waals surface area contributed by atoms with Gasteiger partial charge in [0.05, 0.1) is 17.0 Å². The highest BCUT2D eigenvalue weighted by atomic mass is 32.2. The minimum Gasteiger partial charge on any atom is -0.337 e. The topological polar surface area (TPSA) is 75.3 Å². The Morgan fingerprint density at radius 2 is 2.04 bits per heavy atom. The van der Waals surface area contributed by atoms with Crippen LogP contribution in [-0.2, 0) is 16.3 Å². The van der Waals surface area contributed by atoms with E-state index < -0.39 is 15.1 Å². The van der Waals surface area contributed by atoms with Crippen molar-refractivity contribution < 1.29 is 13.2 Å². The monoisotopic (exact) mass is 350 g/mol. The molecule has 2 amide bonds. The van der Waals surface area contributed by atoms with Gasteiger partial charge in [0.15, 0.2) is 9.84 Å². The fourth-order valence-corrected chi connectivity index (χ4v) is 5.54. The van der Waals surface area contributed by atoms with Crippen LogP contribution in [0.2, 0.25) is 0 Å². The molecule has 3 rings (SSSR count). The molecule has 1 saturated heterocycles. The molecule has 2 N–H and O–H groups in total. The molecule has 1 aromatic carbocycles. The number of amides is 2. The maximum Gasteiger partial charge on any atom is 0.315 e. The average molecular weight is 350 g/mol. The van der Waals surface area contributed by atoms with Crippen LogP contribution in [0.4, 0.5) is 4.79 Å². The lowest BCUT2D eigenvalue weighted by Crippen LogP contribution is -2.45. The number of carbonyl (C=O) groups is 1. The van der Waals surface area contributed by atoms with Crippen molar-refractivity contribution >= 4 is 15.9 Å². The summed E-state index contributed by atoms with van der Waals surface area (Å²) in [6, 6.07) is 6.14. The molecule has 1 heterocycles. The Bertz CT molecular complexity index is 715. The summed E-state index contributed by atoms with van der Waals surface area (Å²) in [5, 5.41) is 5.36. The van der Waals surface area contributed by atoms with Gasteiger partial charge in [-0.2, -0.15) is 0 Å². The molecule has 0 saturated carbocycles. The molecule has 1 aliphatic heterocycles. The Balaban J connectivity index is 1.59. The van der Waals surface area contributed by atoms with Gasteiger partial charge in [-0.05, 0) is 50.2 Å². The molecule has 0 spiro atoms. The second-order valence-electron chi connectivity index (χ2n) is 6.99. The summed E-state index contributed by atoms with van der Waals surface area (Å²) in [6.45, 7) is 2.27. The molecule has 0 bridgehead atoms. The van der Waals surface area contributed by atoms with Crippen molar-refractivity contribution in [3.8, 4) is 0 Å². The van der Waals surface area contributed by atoms with Gasteiger partial charge in [0, 0.05) is 6.54 Å². The first-order valence-electron chi connectivity index (χ1n) is 8.81. The van der Waals surface area contributed by atoms with E-state index in [1.54, 1.807) is 0 Å². The predicted molar refractivity (Wildman–Crippen MR) is 94.8 cm³/mol. The standard InChI is InChI=1S/C18H26N2O3S/c1-13-8-9-14-5-4-7-17(16(14)11-13)20-18(21)19-12-15-6-2-3-10-24(15,22)23/h8-9,11,15,17H,2-7,10,12H2,1H3,(H2,19,20,21)/t15?,17-/m1/s1. The zero-order valence-corrected chi connectivity index (χ0v) is 15.0. The molecular weight excluding hydrogens is 324 g/mol. The number of carbonyl (C=O) groups excluding carboxylic acids is 1. The lowest BCUT2D eigenvalue weighted by atomic mass is 9.87. The zero-order valence-electron chi connectivity index (χ0n) is 14.2. The van der Waals surface area contributed by atoms with Crippen LogP contribution in [0.3, 0.4) is 0 Å². The summed E-state index contributed by atoms with van der Waals surface area (Å²) in [7, 11) is -3.05. The van der Waals surface area contributed by atoms with Crippen molar-refractivity contribution in [2.24, 2.45) is 0 Å². The number of benzene rings is 1. The second kappa shape index (κ2) is 7.13. The molecule has 1 aliphatic carbocycles. The maximum atomic E-state index is 12.2. The quantitative estimate of drug-likeness (QED) is 0.880.